The Kier molecular flexibility index (Phi) is 19.6. The highest BCUT2D eigenvalue weighted by Gasteiger charge is 2.27. The first-order chi connectivity index (χ1) is 33.0. The lowest BCUT2D eigenvalue weighted by atomic mass is 10.1. The Balaban J connectivity index is 1.28. The molecule has 0 aromatic heterocycles. The van der Waals surface area contributed by atoms with Gasteiger partial charge in [0.25, 0.3) is 23.6 Å². The van der Waals surface area contributed by atoms with Crippen LogP contribution in [0.1, 0.15) is 63.6 Å². The summed E-state index contributed by atoms with van der Waals surface area (Å²) in [5.41, 5.74) is 3.38. The summed E-state index contributed by atoms with van der Waals surface area (Å²) >= 11 is 31.2. The highest BCUT2D eigenvalue weighted by Crippen LogP contribution is 2.34. The fraction of sp³-hybridized carbons (Fsp3) is 0.250. The maximum Gasteiger partial charge on any atom is 0.258 e. The summed E-state index contributed by atoms with van der Waals surface area (Å²) in [7, 11) is 2.95. The molecule has 0 spiro atoms. The third kappa shape index (κ3) is 14.1. The Labute approximate surface area is 422 Å². The lowest BCUT2D eigenvalue weighted by Gasteiger charge is -2.17. The van der Waals surface area contributed by atoms with Crippen molar-refractivity contribution in [1.82, 2.24) is 0 Å². The Morgan fingerprint density at radius 2 is 1.03 bits per heavy atom. The number of hydrogen-bond donors (Lipinski definition) is 4. The summed E-state index contributed by atoms with van der Waals surface area (Å²) < 4.78 is 11.0. The van der Waals surface area contributed by atoms with Gasteiger partial charge in [-0.1, -0.05) is 47.5 Å². The molecule has 5 rings (SSSR count). The molecule has 0 aliphatic rings. The van der Waals surface area contributed by atoms with E-state index in [1.807, 2.05) is 12.1 Å². The van der Waals surface area contributed by atoms with Crippen molar-refractivity contribution in [2.24, 2.45) is 20.5 Å². The Hall–Kier alpha value is -6.43. The minimum atomic E-state index is -1.63. The molecule has 0 radical (unpaired) electrons. The number of alkyl halides is 3. The number of carbonyl (C=O) groups excluding carboxylic acids is 6. The number of Topliss-reactive ketones (excluding diaryl/α,β-unsaturated/α-hetero) is 2. The number of carbonyl (C=O) groups is 6. The van der Waals surface area contributed by atoms with Crippen LogP contribution in [0.3, 0.4) is 0 Å². The third-order valence-corrected chi connectivity index (χ3v) is 11.3. The normalized spacial score (nSPS) is 12.5. The van der Waals surface area contributed by atoms with Crippen LogP contribution in [0.5, 0.6) is 11.5 Å². The topological polar surface area (TPSA) is 218 Å². The van der Waals surface area contributed by atoms with E-state index in [-0.39, 0.29) is 43.9 Å². The highest BCUT2D eigenvalue weighted by molar-refractivity contribution is 6.35. The molecule has 16 nitrogen and oxygen atoms in total. The predicted molar refractivity (Wildman–Crippen MR) is 270 cm³/mol. The summed E-state index contributed by atoms with van der Waals surface area (Å²) in [6.45, 7) is 3.94. The number of ketones is 2. The van der Waals surface area contributed by atoms with Crippen molar-refractivity contribution < 1.29 is 38.2 Å². The van der Waals surface area contributed by atoms with Gasteiger partial charge in [-0.2, -0.15) is 20.5 Å². The number of azo groups is 2. The number of para-hydroxylation sites is 2. The second kappa shape index (κ2) is 25.3. The van der Waals surface area contributed by atoms with E-state index in [9.17, 15) is 28.8 Å². The quantitative estimate of drug-likeness (QED) is 0.0314. The van der Waals surface area contributed by atoms with Crippen molar-refractivity contribution in [3.05, 3.63) is 129 Å². The molecule has 0 saturated carbocycles. The zero-order chi connectivity index (χ0) is 50.4. The molecule has 4 amide bonds. The second-order valence-corrected chi connectivity index (χ2v) is 17.2. The van der Waals surface area contributed by atoms with Gasteiger partial charge in [0.15, 0.2) is 11.6 Å². The first kappa shape index (κ1) is 53.5. The van der Waals surface area contributed by atoms with E-state index in [0.29, 0.717) is 53.0 Å². The first-order valence-corrected chi connectivity index (χ1v) is 23.1. The SMILES string of the molecule is COc1c(CCCl)cccc1NC(=O)c1cc(N=NC(C(C)=O)C(=O)Nc2ccc(NC(=O)C(N=Nc3ccc(Cl)c(C(=O)Nc4cccc(CCCl)c4OC)c3)C(C)=O)c(C(C)Cl)c2)ccc1Cl. The molecular weight excluding hydrogens is 994 g/mol. The predicted octanol–water partition coefficient (Wildman–Crippen LogP) is 11.7. The molecule has 3 atom stereocenters. The third-order valence-electron chi connectivity index (χ3n) is 10.1. The van der Waals surface area contributed by atoms with Gasteiger partial charge in [-0.15, -0.1) is 34.8 Å². The number of rotatable bonds is 21. The molecule has 5 aromatic carbocycles. The number of methoxy groups -OCH3 is 2. The van der Waals surface area contributed by atoms with Crippen LogP contribution >= 0.6 is 58.0 Å². The van der Waals surface area contributed by atoms with Gasteiger partial charge in [-0.3, -0.25) is 28.8 Å². The van der Waals surface area contributed by atoms with Crippen molar-refractivity contribution in [3.8, 4) is 11.5 Å². The van der Waals surface area contributed by atoms with Gasteiger partial charge in [0.05, 0.1) is 63.5 Å². The van der Waals surface area contributed by atoms with Gasteiger partial charge < -0.3 is 30.7 Å². The number of halogens is 5. The molecule has 0 heterocycles. The van der Waals surface area contributed by atoms with E-state index in [2.05, 4.69) is 41.7 Å². The molecule has 0 aliphatic heterocycles. The molecule has 69 heavy (non-hydrogen) atoms. The molecule has 0 aliphatic carbocycles. The van der Waals surface area contributed by atoms with Gasteiger partial charge in [0, 0.05) is 23.1 Å². The van der Waals surface area contributed by atoms with Crippen molar-refractivity contribution in [3.63, 3.8) is 0 Å². The number of amides is 4. The molecule has 4 N–H and O–H groups in total. The number of nitrogens with zero attached hydrogens (tertiary/aromatic N) is 4. The van der Waals surface area contributed by atoms with Gasteiger partial charge in [-0.25, -0.2) is 0 Å². The maximum absolute atomic E-state index is 13.5. The lowest BCUT2D eigenvalue weighted by molar-refractivity contribution is -0.127. The van der Waals surface area contributed by atoms with Crippen molar-refractivity contribution in [1.29, 1.82) is 0 Å². The largest absolute Gasteiger partial charge is 0.494 e. The van der Waals surface area contributed by atoms with Gasteiger partial charge in [0.2, 0.25) is 12.1 Å². The fourth-order valence-electron chi connectivity index (χ4n) is 6.70. The summed E-state index contributed by atoms with van der Waals surface area (Å²) in [6, 6.07) is 20.0. The smallest absolute Gasteiger partial charge is 0.258 e. The van der Waals surface area contributed by atoms with Gasteiger partial charge in [-0.05, 0) is 117 Å². The van der Waals surface area contributed by atoms with E-state index in [4.69, 9.17) is 67.5 Å². The number of nitrogens with one attached hydrogen (secondary N) is 4. The van der Waals surface area contributed by atoms with Gasteiger partial charge >= 0.3 is 0 Å². The molecule has 0 bridgehead atoms. The van der Waals surface area contributed by atoms with Gasteiger partial charge in [0.1, 0.15) is 11.5 Å². The zero-order valence-electron chi connectivity index (χ0n) is 37.7. The monoisotopic (exact) mass is 1040 g/mol. The van der Waals surface area contributed by atoms with E-state index >= 15 is 0 Å². The van der Waals surface area contributed by atoms with E-state index in [1.54, 1.807) is 31.2 Å². The minimum Gasteiger partial charge on any atom is -0.494 e. The van der Waals surface area contributed by atoms with Crippen LogP contribution in [0.25, 0.3) is 0 Å². The second-order valence-electron chi connectivity index (χ2n) is 15.0. The summed E-state index contributed by atoms with van der Waals surface area (Å²) in [5, 5.41) is 26.4. The molecule has 3 unspecified atom stereocenters. The summed E-state index contributed by atoms with van der Waals surface area (Å²) in [5.74, 6) is -2.58. The Morgan fingerprint density at radius 1 is 0.580 bits per heavy atom. The van der Waals surface area contributed by atoms with Crippen LogP contribution in [-0.2, 0) is 32.0 Å². The van der Waals surface area contributed by atoms with Crippen molar-refractivity contribution in [2.45, 2.75) is 51.1 Å². The van der Waals surface area contributed by atoms with E-state index < -0.39 is 52.7 Å². The van der Waals surface area contributed by atoms with Crippen LogP contribution in [0.15, 0.2) is 111 Å². The van der Waals surface area contributed by atoms with E-state index in [1.165, 1.54) is 68.8 Å². The number of ether oxygens (including phenoxy) is 2. The average molecular weight is 1040 g/mol. The zero-order valence-corrected chi connectivity index (χ0v) is 41.4. The number of aryl methyl sites for hydroxylation is 2. The van der Waals surface area contributed by atoms with Crippen molar-refractivity contribution in [2.75, 3.05) is 47.2 Å². The fourth-order valence-corrected chi connectivity index (χ4v) is 7.70. The van der Waals surface area contributed by atoms with Crippen LogP contribution in [-0.4, -0.2) is 73.3 Å². The molecule has 5 aromatic rings. The van der Waals surface area contributed by atoms with Crippen molar-refractivity contribution >= 4 is 127 Å². The number of anilines is 4. The summed E-state index contributed by atoms with van der Waals surface area (Å²) in [6.07, 6.45) is 1.02. The van der Waals surface area contributed by atoms with Crippen LogP contribution in [0.4, 0.5) is 34.1 Å². The van der Waals surface area contributed by atoms with Crippen LogP contribution in [0.2, 0.25) is 10.0 Å². The van der Waals surface area contributed by atoms with E-state index in [0.717, 1.165) is 25.0 Å². The molecule has 360 valence electrons. The Bertz CT molecular complexity index is 2820. The standard InChI is InChI=1S/C48H45Cl5N8O8/c1-25(51)33-22-30(54-47(66)41(26(2)62)60-58-31-12-15-36(52)34(23-31)45(64)56-39-10-6-8-28(18-20-49)43(39)68-4)14-17-38(33)55-48(67)42(27(3)63)61-59-32-13-16-37(53)35(24-32)46(65)57-40-11-7-9-29(19-21-50)44(40)69-5/h6-17,22-25,41-42H,18-21H2,1-5H3,(H,54,66)(H,55,67)(H,56,64)(H,57,65). The average Bonchev–Trinajstić information content (AvgIpc) is 3.30. The molecule has 21 heteroatoms. The molecule has 0 saturated heterocycles. The number of hydrogen-bond acceptors (Lipinski definition) is 12. The lowest BCUT2D eigenvalue weighted by Crippen LogP contribution is -2.32. The van der Waals surface area contributed by atoms with Crippen LogP contribution < -0.4 is 30.7 Å². The minimum absolute atomic E-state index is 0.0350. The first-order valence-electron chi connectivity index (χ1n) is 20.9. The maximum atomic E-state index is 13.5. The van der Waals surface area contributed by atoms with Crippen LogP contribution in [0, 0.1) is 0 Å². The molecular formula is C48H45Cl5N8O8. The summed E-state index contributed by atoms with van der Waals surface area (Å²) in [4.78, 5) is 79.2. The Morgan fingerprint density at radius 3 is 1.43 bits per heavy atom. The molecule has 0 fully saturated rings. The number of benzene rings is 5. The highest BCUT2D eigenvalue weighted by atomic mass is 35.5.